The molecule has 2 heterocycles. The number of aryl methyl sites for hydroxylation is 2. The summed E-state index contributed by atoms with van der Waals surface area (Å²) >= 11 is 0. The molecule has 3 aromatic rings. The molecule has 0 spiro atoms. The van der Waals surface area contributed by atoms with Gasteiger partial charge in [0.2, 0.25) is 0 Å². The van der Waals surface area contributed by atoms with Crippen molar-refractivity contribution in [1.82, 2.24) is 14.7 Å². The van der Waals surface area contributed by atoms with Gasteiger partial charge in [0.05, 0.1) is 29.5 Å². The van der Waals surface area contributed by atoms with Gasteiger partial charge in [0, 0.05) is 36.5 Å². The van der Waals surface area contributed by atoms with Crippen LogP contribution in [0.25, 0.3) is 16.9 Å². The molecule has 1 N–H and O–H groups in total. The van der Waals surface area contributed by atoms with Crippen molar-refractivity contribution >= 4 is 9.84 Å². The molecule has 0 unspecified atom stereocenters. The smallest absolute Gasteiger partial charge is 0.151 e. The molecular formula is C24H29N3O3S. The van der Waals surface area contributed by atoms with Gasteiger partial charge in [-0.3, -0.25) is 4.90 Å². The van der Waals surface area contributed by atoms with Crippen LogP contribution in [0.1, 0.15) is 23.1 Å². The Morgan fingerprint density at radius 3 is 2.55 bits per heavy atom. The first-order valence-corrected chi connectivity index (χ1v) is 12.4. The lowest BCUT2D eigenvalue weighted by Crippen LogP contribution is -2.37. The van der Waals surface area contributed by atoms with Crippen LogP contribution in [0.4, 0.5) is 0 Å². The largest absolute Gasteiger partial charge is 0.395 e. The fourth-order valence-corrected chi connectivity index (χ4v) is 5.95. The number of hydrogen-bond acceptors (Lipinski definition) is 5. The highest BCUT2D eigenvalue weighted by molar-refractivity contribution is 7.91. The van der Waals surface area contributed by atoms with Gasteiger partial charge in [-0.2, -0.15) is 5.10 Å². The number of nitrogens with zero attached hydrogens (tertiary/aromatic N) is 3. The van der Waals surface area contributed by atoms with Gasteiger partial charge in [-0.05, 0) is 38.5 Å². The van der Waals surface area contributed by atoms with Crippen LogP contribution >= 0.6 is 0 Å². The maximum Gasteiger partial charge on any atom is 0.151 e. The summed E-state index contributed by atoms with van der Waals surface area (Å²) in [6.45, 7) is 5.07. The Kier molecular flexibility index (Phi) is 6.27. The average molecular weight is 440 g/mol. The summed E-state index contributed by atoms with van der Waals surface area (Å²) in [5.74, 6) is 0.367. The van der Waals surface area contributed by atoms with Gasteiger partial charge in [-0.15, -0.1) is 0 Å². The highest BCUT2D eigenvalue weighted by Crippen LogP contribution is 2.28. The minimum Gasteiger partial charge on any atom is -0.395 e. The molecule has 1 aliphatic heterocycles. The second-order valence-corrected chi connectivity index (χ2v) is 10.6. The number of aliphatic hydroxyl groups excluding tert-OH is 1. The Morgan fingerprint density at radius 2 is 1.90 bits per heavy atom. The number of sulfone groups is 1. The van der Waals surface area contributed by atoms with Crippen molar-refractivity contribution < 1.29 is 13.5 Å². The van der Waals surface area contributed by atoms with Gasteiger partial charge in [-0.25, -0.2) is 13.1 Å². The number of hydrogen-bond donors (Lipinski definition) is 1. The molecule has 1 fully saturated rings. The van der Waals surface area contributed by atoms with E-state index in [-0.39, 0.29) is 24.2 Å². The first kappa shape index (κ1) is 21.7. The Hall–Kier alpha value is -2.48. The summed E-state index contributed by atoms with van der Waals surface area (Å²) in [5, 5.41) is 14.5. The molecule has 0 radical (unpaired) electrons. The van der Waals surface area contributed by atoms with Crippen molar-refractivity contribution in [2.24, 2.45) is 0 Å². The zero-order valence-corrected chi connectivity index (χ0v) is 18.8. The summed E-state index contributed by atoms with van der Waals surface area (Å²) in [5.41, 5.74) is 6.25. The predicted octanol–water partition coefficient (Wildman–Crippen LogP) is 3.14. The Balaban J connectivity index is 1.72. The molecular weight excluding hydrogens is 410 g/mol. The molecule has 1 atom stereocenters. The predicted molar refractivity (Wildman–Crippen MR) is 123 cm³/mol. The third-order valence-corrected chi connectivity index (χ3v) is 7.62. The van der Waals surface area contributed by atoms with Crippen molar-refractivity contribution in [2.75, 3.05) is 24.7 Å². The maximum atomic E-state index is 12.0. The lowest BCUT2D eigenvalue weighted by atomic mass is 10.0. The molecule has 0 bridgehead atoms. The van der Waals surface area contributed by atoms with Gasteiger partial charge in [-0.1, -0.05) is 41.5 Å². The fourth-order valence-electron chi connectivity index (χ4n) is 4.19. The molecule has 4 rings (SSSR count). The molecule has 7 heteroatoms. The van der Waals surface area contributed by atoms with Crippen LogP contribution in [-0.4, -0.2) is 58.9 Å². The molecule has 0 saturated carbocycles. The van der Waals surface area contributed by atoms with E-state index in [9.17, 15) is 13.5 Å². The number of aromatic nitrogens is 2. The highest BCUT2D eigenvalue weighted by Gasteiger charge is 2.32. The summed E-state index contributed by atoms with van der Waals surface area (Å²) in [6.07, 6.45) is 2.63. The van der Waals surface area contributed by atoms with Crippen LogP contribution < -0.4 is 0 Å². The van der Waals surface area contributed by atoms with Crippen LogP contribution in [0.5, 0.6) is 0 Å². The molecule has 0 aliphatic carbocycles. The quantitative estimate of drug-likeness (QED) is 0.612. The lowest BCUT2D eigenvalue weighted by molar-refractivity contribution is 0.154. The minimum atomic E-state index is -3.00. The van der Waals surface area contributed by atoms with Gasteiger partial charge in [0.15, 0.2) is 9.84 Å². The molecule has 31 heavy (non-hydrogen) atoms. The summed E-state index contributed by atoms with van der Waals surface area (Å²) in [7, 11) is -3.00. The van der Waals surface area contributed by atoms with Crippen molar-refractivity contribution in [1.29, 1.82) is 0 Å². The molecule has 0 amide bonds. The second kappa shape index (κ2) is 8.94. The van der Waals surface area contributed by atoms with Crippen LogP contribution in [0, 0.1) is 13.8 Å². The zero-order valence-electron chi connectivity index (χ0n) is 18.0. The van der Waals surface area contributed by atoms with E-state index in [1.807, 2.05) is 29.1 Å². The molecule has 6 nitrogen and oxygen atoms in total. The second-order valence-electron chi connectivity index (χ2n) is 8.40. The summed E-state index contributed by atoms with van der Waals surface area (Å²) < 4.78 is 26.0. The Labute approximate surface area is 184 Å². The summed E-state index contributed by atoms with van der Waals surface area (Å²) in [6, 6.07) is 16.4. The van der Waals surface area contributed by atoms with Gasteiger partial charge in [0.1, 0.15) is 0 Å². The zero-order chi connectivity index (χ0) is 22.0. The van der Waals surface area contributed by atoms with E-state index >= 15 is 0 Å². The minimum absolute atomic E-state index is 0.0115. The SMILES string of the molecule is Cc1ccc(-n2cc(CN(CCO)[C@H]3CCS(=O)(=O)C3)c(-c3cccc(C)c3)n2)cc1. The van der Waals surface area contributed by atoms with Gasteiger partial charge in [0.25, 0.3) is 0 Å². The molecule has 1 aromatic heterocycles. The van der Waals surface area contributed by atoms with Crippen molar-refractivity contribution in [3.63, 3.8) is 0 Å². The number of rotatable bonds is 7. The van der Waals surface area contributed by atoms with Gasteiger partial charge < -0.3 is 5.11 Å². The normalized spacial score (nSPS) is 18.0. The number of benzene rings is 2. The molecule has 1 saturated heterocycles. The van der Waals surface area contributed by atoms with E-state index in [1.165, 1.54) is 5.56 Å². The van der Waals surface area contributed by atoms with E-state index in [0.717, 1.165) is 28.1 Å². The number of aliphatic hydroxyl groups is 1. The van der Waals surface area contributed by atoms with E-state index in [1.54, 1.807) is 0 Å². The topological polar surface area (TPSA) is 75.4 Å². The van der Waals surface area contributed by atoms with E-state index in [0.29, 0.717) is 19.5 Å². The van der Waals surface area contributed by atoms with Crippen molar-refractivity contribution in [2.45, 2.75) is 32.9 Å². The van der Waals surface area contributed by atoms with Crippen LogP contribution in [0.2, 0.25) is 0 Å². The molecule has 1 aliphatic rings. The van der Waals surface area contributed by atoms with E-state index in [4.69, 9.17) is 5.10 Å². The summed E-state index contributed by atoms with van der Waals surface area (Å²) in [4.78, 5) is 2.08. The van der Waals surface area contributed by atoms with Crippen molar-refractivity contribution in [3.8, 4) is 16.9 Å². The molecule has 164 valence electrons. The van der Waals surface area contributed by atoms with Gasteiger partial charge >= 0.3 is 0 Å². The first-order valence-electron chi connectivity index (χ1n) is 10.6. The average Bonchev–Trinajstić information content (AvgIpc) is 3.31. The van der Waals surface area contributed by atoms with Crippen molar-refractivity contribution in [3.05, 3.63) is 71.4 Å². The Morgan fingerprint density at radius 1 is 1.13 bits per heavy atom. The fraction of sp³-hybridized carbons (Fsp3) is 0.375. The van der Waals surface area contributed by atoms with E-state index in [2.05, 4.69) is 49.1 Å². The standard InChI is InChI=1S/C24H29N3O3S/c1-18-6-8-22(9-7-18)27-16-21(24(25-27)20-5-3-4-19(2)14-20)15-26(11-12-28)23-10-13-31(29,30)17-23/h3-9,14,16,23,28H,10-13,15,17H2,1-2H3/t23-/m0/s1. The molecule has 2 aromatic carbocycles. The monoisotopic (exact) mass is 439 g/mol. The first-order chi connectivity index (χ1) is 14.8. The van der Waals surface area contributed by atoms with Crippen LogP contribution in [-0.2, 0) is 16.4 Å². The highest BCUT2D eigenvalue weighted by atomic mass is 32.2. The lowest BCUT2D eigenvalue weighted by Gasteiger charge is -2.27. The van der Waals surface area contributed by atoms with E-state index < -0.39 is 9.84 Å². The Bertz CT molecular complexity index is 1150. The third-order valence-electron chi connectivity index (χ3n) is 5.87. The maximum absolute atomic E-state index is 12.0. The third kappa shape index (κ3) is 5.06. The van der Waals surface area contributed by atoms with Crippen LogP contribution in [0.3, 0.4) is 0 Å². The van der Waals surface area contributed by atoms with Crippen LogP contribution in [0.15, 0.2) is 54.7 Å².